The highest BCUT2D eigenvalue weighted by molar-refractivity contribution is 5.79. The molecule has 1 atom stereocenters. The van der Waals surface area contributed by atoms with Crippen molar-refractivity contribution in [1.82, 2.24) is 10.2 Å². The summed E-state index contributed by atoms with van der Waals surface area (Å²) in [6.45, 7) is 5.22. The van der Waals surface area contributed by atoms with E-state index in [1.165, 1.54) is 0 Å². The van der Waals surface area contributed by atoms with Gasteiger partial charge < -0.3 is 10.4 Å². The summed E-state index contributed by atoms with van der Waals surface area (Å²) < 4.78 is 0. The van der Waals surface area contributed by atoms with Crippen LogP contribution in [0.1, 0.15) is 26.7 Å². The number of aliphatic carboxylic acids is 1. The molecule has 1 fully saturated rings. The lowest BCUT2D eigenvalue weighted by molar-refractivity contribution is -0.140. The van der Waals surface area contributed by atoms with Crippen LogP contribution in [0.3, 0.4) is 0 Å². The molecule has 1 aliphatic rings. The summed E-state index contributed by atoms with van der Waals surface area (Å²) in [7, 11) is 0. The number of nitrogens with one attached hydrogen (secondary N) is 1. The van der Waals surface area contributed by atoms with Crippen molar-refractivity contribution in [2.45, 2.75) is 32.7 Å². The standard InChI is InChI=1S/C11H20N2O3/c1-8(2)12-11(16)9-4-3-5-13(6-9)7-10(14)15/h8-9H,3-7H2,1-2H3,(H,12,16)(H,14,15). The third kappa shape index (κ3) is 4.18. The van der Waals surface area contributed by atoms with E-state index >= 15 is 0 Å². The van der Waals surface area contributed by atoms with Crippen LogP contribution in [0.5, 0.6) is 0 Å². The maximum absolute atomic E-state index is 11.8. The number of likely N-dealkylation sites (tertiary alicyclic amines) is 1. The molecule has 1 saturated heterocycles. The maximum Gasteiger partial charge on any atom is 0.317 e. The Labute approximate surface area is 95.8 Å². The van der Waals surface area contributed by atoms with E-state index in [1.54, 1.807) is 0 Å². The van der Waals surface area contributed by atoms with Crippen molar-refractivity contribution in [3.63, 3.8) is 0 Å². The van der Waals surface area contributed by atoms with Gasteiger partial charge in [-0.1, -0.05) is 0 Å². The summed E-state index contributed by atoms with van der Waals surface area (Å²) in [5.74, 6) is -0.842. The second kappa shape index (κ2) is 5.84. The maximum atomic E-state index is 11.8. The van der Waals surface area contributed by atoms with Gasteiger partial charge in [-0.05, 0) is 33.2 Å². The Morgan fingerprint density at radius 1 is 1.50 bits per heavy atom. The average molecular weight is 228 g/mol. The number of carbonyl (C=O) groups excluding carboxylic acids is 1. The molecular formula is C11H20N2O3. The van der Waals surface area contributed by atoms with Gasteiger partial charge in [-0.15, -0.1) is 0 Å². The fourth-order valence-electron chi connectivity index (χ4n) is 2.01. The minimum absolute atomic E-state index is 0.0332. The zero-order chi connectivity index (χ0) is 12.1. The van der Waals surface area contributed by atoms with Gasteiger partial charge in [0.1, 0.15) is 0 Å². The third-order valence-corrected chi connectivity index (χ3v) is 2.67. The lowest BCUT2D eigenvalue weighted by atomic mass is 9.97. The number of nitrogens with zero attached hydrogens (tertiary/aromatic N) is 1. The van der Waals surface area contributed by atoms with E-state index in [0.717, 1.165) is 19.4 Å². The molecule has 0 aromatic rings. The molecule has 0 spiro atoms. The Balaban J connectivity index is 2.43. The molecule has 5 heteroatoms. The molecule has 0 radical (unpaired) electrons. The minimum Gasteiger partial charge on any atom is -0.480 e. The molecular weight excluding hydrogens is 208 g/mol. The number of rotatable bonds is 4. The molecule has 1 unspecified atom stereocenters. The molecule has 0 bridgehead atoms. The molecule has 1 heterocycles. The fraction of sp³-hybridized carbons (Fsp3) is 0.818. The normalized spacial score (nSPS) is 22.1. The van der Waals surface area contributed by atoms with E-state index < -0.39 is 5.97 Å². The molecule has 0 aromatic carbocycles. The van der Waals surface area contributed by atoms with Crippen LogP contribution in [-0.2, 0) is 9.59 Å². The third-order valence-electron chi connectivity index (χ3n) is 2.67. The Bertz CT molecular complexity index is 266. The molecule has 0 saturated carbocycles. The largest absolute Gasteiger partial charge is 0.480 e. The van der Waals surface area contributed by atoms with Crippen molar-refractivity contribution in [3.05, 3.63) is 0 Å². The number of carboxylic acid groups (broad SMARTS) is 1. The van der Waals surface area contributed by atoms with Gasteiger partial charge in [-0.25, -0.2) is 0 Å². The van der Waals surface area contributed by atoms with Gasteiger partial charge in [0.15, 0.2) is 0 Å². The average Bonchev–Trinajstić information content (AvgIpc) is 2.16. The first kappa shape index (κ1) is 13.0. The van der Waals surface area contributed by atoms with E-state index in [2.05, 4.69) is 5.32 Å². The van der Waals surface area contributed by atoms with Crippen LogP contribution >= 0.6 is 0 Å². The Morgan fingerprint density at radius 2 is 2.19 bits per heavy atom. The van der Waals surface area contributed by atoms with Crippen LogP contribution in [0, 0.1) is 5.92 Å². The van der Waals surface area contributed by atoms with E-state index in [1.807, 2.05) is 18.7 Å². The Kier molecular flexibility index (Phi) is 4.73. The van der Waals surface area contributed by atoms with Crippen molar-refractivity contribution in [2.24, 2.45) is 5.92 Å². The number of carbonyl (C=O) groups is 2. The summed E-state index contributed by atoms with van der Waals surface area (Å²) in [5, 5.41) is 11.6. The molecule has 1 rings (SSSR count). The van der Waals surface area contributed by atoms with Crippen LogP contribution in [0.4, 0.5) is 0 Å². The second-order valence-electron chi connectivity index (χ2n) is 4.63. The Hall–Kier alpha value is -1.10. The van der Waals surface area contributed by atoms with Crippen molar-refractivity contribution >= 4 is 11.9 Å². The molecule has 2 N–H and O–H groups in total. The predicted molar refractivity (Wildman–Crippen MR) is 60.1 cm³/mol. The summed E-state index contributed by atoms with van der Waals surface area (Å²) in [6.07, 6.45) is 1.75. The topological polar surface area (TPSA) is 69.6 Å². The summed E-state index contributed by atoms with van der Waals surface area (Å²) in [4.78, 5) is 24.2. The zero-order valence-electron chi connectivity index (χ0n) is 9.90. The first-order chi connectivity index (χ1) is 7.49. The molecule has 1 aliphatic heterocycles. The van der Waals surface area contributed by atoms with Gasteiger partial charge in [0.2, 0.25) is 5.91 Å². The molecule has 16 heavy (non-hydrogen) atoms. The van der Waals surface area contributed by atoms with Gasteiger partial charge in [0.05, 0.1) is 12.5 Å². The summed E-state index contributed by atoms with van der Waals surface area (Å²) in [6, 6.07) is 0.141. The zero-order valence-corrected chi connectivity index (χ0v) is 9.90. The van der Waals surface area contributed by atoms with E-state index in [9.17, 15) is 9.59 Å². The SMILES string of the molecule is CC(C)NC(=O)C1CCCN(CC(=O)O)C1. The van der Waals surface area contributed by atoms with Gasteiger partial charge in [0, 0.05) is 12.6 Å². The smallest absolute Gasteiger partial charge is 0.317 e. The summed E-state index contributed by atoms with van der Waals surface area (Å²) >= 11 is 0. The van der Waals surface area contributed by atoms with Crippen LogP contribution < -0.4 is 5.32 Å². The predicted octanol–water partition coefficient (Wildman–Crippen LogP) is 0.308. The van der Waals surface area contributed by atoms with Crippen molar-refractivity contribution in [2.75, 3.05) is 19.6 Å². The molecule has 0 aliphatic carbocycles. The van der Waals surface area contributed by atoms with E-state index in [0.29, 0.717) is 6.54 Å². The van der Waals surface area contributed by atoms with Gasteiger partial charge >= 0.3 is 5.97 Å². The quantitative estimate of drug-likeness (QED) is 0.726. The van der Waals surface area contributed by atoms with Crippen LogP contribution in [0.15, 0.2) is 0 Å². The Morgan fingerprint density at radius 3 is 2.75 bits per heavy atom. The molecule has 1 amide bonds. The lowest BCUT2D eigenvalue weighted by Gasteiger charge is -2.31. The highest BCUT2D eigenvalue weighted by atomic mass is 16.4. The van der Waals surface area contributed by atoms with Crippen LogP contribution in [0.25, 0.3) is 0 Å². The molecule has 0 aromatic heterocycles. The van der Waals surface area contributed by atoms with Gasteiger partial charge in [-0.2, -0.15) is 0 Å². The first-order valence-electron chi connectivity index (χ1n) is 5.73. The van der Waals surface area contributed by atoms with Crippen LogP contribution in [-0.4, -0.2) is 47.6 Å². The fourth-order valence-corrected chi connectivity index (χ4v) is 2.01. The van der Waals surface area contributed by atoms with Crippen molar-refractivity contribution in [1.29, 1.82) is 0 Å². The van der Waals surface area contributed by atoms with Gasteiger partial charge in [-0.3, -0.25) is 14.5 Å². The number of carboxylic acids is 1. The number of piperidine rings is 1. The first-order valence-corrected chi connectivity index (χ1v) is 5.73. The van der Waals surface area contributed by atoms with Gasteiger partial charge in [0.25, 0.3) is 0 Å². The highest BCUT2D eigenvalue weighted by Crippen LogP contribution is 2.16. The number of hydrogen-bond donors (Lipinski definition) is 2. The number of hydrogen-bond acceptors (Lipinski definition) is 3. The second-order valence-corrected chi connectivity index (χ2v) is 4.63. The van der Waals surface area contributed by atoms with Crippen molar-refractivity contribution < 1.29 is 14.7 Å². The van der Waals surface area contributed by atoms with E-state index in [-0.39, 0.29) is 24.4 Å². The van der Waals surface area contributed by atoms with Crippen molar-refractivity contribution in [3.8, 4) is 0 Å². The highest BCUT2D eigenvalue weighted by Gasteiger charge is 2.26. The summed E-state index contributed by atoms with van der Waals surface area (Å²) in [5.41, 5.74) is 0. The minimum atomic E-state index is -0.829. The monoisotopic (exact) mass is 228 g/mol. The molecule has 5 nitrogen and oxygen atoms in total. The van der Waals surface area contributed by atoms with E-state index in [4.69, 9.17) is 5.11 Å². The van der Waals surface area contributed by atoms with Crippen LogP contribution in [0.2, 0.25) is 0 Å². The molecule has 92 valence electrons. The lowest BCUT2D eigenvalue weighted by Crippen LogP contribution is -2.46. The number of amides is 1.